The minimum atomic E-state index is -0.868. The van der Waals surface area contributed by atoms with Crippen molar-refractivity contribution in [2.75, 3.05) is 24.2 Å². The molecule has 0 atom stereocenters. The van der Waals surface area contributed by atoms with Gasteiger partial charge in [-0.25, -0.2) is 9.78 Å². The van der Waals surface area contributed by atoms with Gasteiger partial charge in [-0.1, -0.05) is 39.0 Å². The van der Waals surface area contributed by atoms with Crippen LogP contribution >= 0.6 is 23.1 Å². The zero-order chi connectivity index (χ0) is 18.1. The van der Waals surface area contributed by atoms with Crippen LogP contribution in [0.1, 0.15) is 40.5 Å². The molecule has 0 aromatic carbocycles. The average molecular weight is 374 g/mol. The molecule has 2 amide bonds. The zero-order valence-electron chi connectivity index (χ0n) is 14.7. The summed E-state index contributed by atoms with van der Waals surface area (Å²) in [5.74, 6) is 0.203. The number of rotatable bonds is 10. The monoisotopic (exact) mass is 373 g/mol. The highest BCUT2D eigenvalue weighted by atomic mass is 32.2. The van der Waals surface area contributed by atoms with E-state index >= 15 is 0 Å². The number of nitrogens with one attached hydrogen (secondary N) is 1. The number of hydrogen-bond acceptors (Lipinski definition) is 5. The first-order valence-electron chi connectivity index (χ1n) is 8.14. The number of amides is 2. The molecular weight excluding hydrogens is 346 g/mol. The van der Waals surface area contributed by atoms with E-state index in [2.05, 4.69) is 38.0 Å². The van der Waals surface area contributed by atoms with Gasteiger partial charge in [0.05, 0.1) is 16.2 Å². The number of carboxylic acid groups (broad SMARTS) is 1. The van der Waals surface area contributed by atoms with Crippen LogP contribution in [0.3, 0.4) is 0 Å². The largest absolute Gasteiger partial charge is 0.481 e. The third kappa shape index (κ3) is 8.54. The molecule has 136 valence electrons. The Morgan fingerprint density at radius 3 is 2.33 bits per heavy atom. The summed E-state index contributed by atoms with van der Waals surface area (Å²) < 4.78 is 0.781. The van der Waals surface area contributed by atoms with E-state index in [4.69, 9.17) is 5.11 Å². The van der Waals surface area contributed by atoms with Gasteiger partial charge in [-0.2, -0.15) is 0 Å². The Morgan fingerprint density at radius 1 is 1.25 bits per heavy atom. The van der Waals surface area contributed by atoms with Gasteiger partial charge in [-0.15, -0.1) is 11.8 Å². The number of thiazole rings is 1. The molecule has 1 aromatic heterocycles. The number of aromatic nitrogens is 1. The van der Waals surface area contributed by atoms with E-state index in [9.17, 15) is 9.59 Å². The number of hydrogen-bond donors (Lipinski definition) is 2. The lowest BCUT2D eigenvalue weighted by Crippen LogP contribution is -2.37. The van der Waals surface area contributed by atoms with Crippen molar-refractivity contribution in [1.82, 2.24) is 9.88 Å². The molecule has 0 aliphatic rings. The summed E-state index contributed by atoms with van der Waals surface area (Å²) >= 11 is 2.50. The highest BCUT2D eigenvalue weighted by Crippen LogP contribution is 2.28. The second-order valence-corrected chi connectivity index (χ2v) is 8.76. The van der Waals surface area contributed by atoms with Crippen molar-refractivity contribution >= 4 is 40.2 Å². The van der Waals surface area contributed by atoms with Crippen LogP contribution in [0.5, 0.6) is 0 Å². The molecule has 8 heteroatoms. The van der Waals surface area contributed by atoms with E-state index in [1.807, 2.05) is 4.90 Å². The van der Waals surface area contributed by atoms with Crippen LogP contribution in [-0.2, 0) is 4.79 Å². The smallest absolute Gasteiger partial charge is 0.323 e. The minimum Gasteiger partial charge on any atom is -0.481 e. The predicted molar refractivity (Wildman–Crippen MR) is 100.0 cm³/mol. The van der Waals surface area contributed by atoms with Crippen LogP contribution < -0.4 is 5.32 Å². The molecular formula is C16H27N3O3S2. The standard InChI is InChI=1S/C16H27N3O3S2/c1-11(2)5-7-19(8-6-12(3)4)16(22)18-15-17-9-14(24-15)23-10-13(20)21/h9,11-12H,5-8,10H2,1-4H3,(H,20,21)(H,17,18,22). The molecule has 6 nitrogen and oxygen atoms in total. The molecule has 1 heterocycles. The van der Waals surface area contributed by atoms with Crippen LogP contribution in [-0.4, -0.2) is 45.8 Å². The van der Waals surface area contributed by atoms with E-state index in [-0.39, 0.29) is 11.8 Å². The number of aliphatic carboxylic acids is 1. The number of carbonyl (C=O) groups is 2. The third-order valence-electron chi connectivity index (χ3n) is 3.28. The van der Waals surface area contributed by atoms with E-state index in [0.717, 1.165) is 30.1 Å². The molecule has 0 bridgehead atoms. The van der Waals surface area contributed by atoms with Crippen molar-refractivity contribution in [3.63, 3.8) is 0 Å². The fraction of sp³-hybridized carbons (Fsp3) is 0.688. The molecule has 0 spiro atoms. The topological polar surface area (TPSA) is 82.5 Å². The van der Waals surface area contributed by atoms with Crippen molar-refractivity contribution in [2.24, 2.45) is 11.8 Å². The molecule has 0 saturated heterocycles. The summed E-state index contributed by atoms with van der Waals surface area (Å²) in [6.45, 7) is 10.0. The van der Waals surface area contributed by atoms with Gasteiger partial charge in [0.1, 0.15) is 0 Å². The first-order valence-corrected chi connectivity index (χ1v) is 9.94. The molecule has 0 aliphatic carbocycles. The number of nitrogens with zero attached hydrogens (tertiary/aromatic N) is 2. The van der Waals surface area contributed by atoms with E-state index in [1.165, 1.54) is 23.1 Å². The average Bonchev–Trinajstić information content (AvgIpc) is 2.92. The van der Waals surface area contributed by atoms with Crippen LogP contribution in [0.4, 0.5) is 9.93 Å². The van der Waals surface area contributed by atoms with Crippen molar-refractivity contribution in [3.8, 4) is 0 Å². The van der Waals surface area contributed by atoms with Gasteiger partial charge in [0, 0.05) is 13.1 Å². The van der Waals surface area contributed by atoms with Gasteiger partial charge in [-0.3, -0.25) is 10.1 Å². The summed E-state index contributed by atoms with van der Waals surface area (Å²) in [7, 11) is 0. The van der Waals surface area contributed by atoms with Gasteiger partial charge < -0.3 is 10.0 Å². The van der Waals surface area contributed by atoms with Gasteiger partial charge >= 0.3 is 12.0 Å². The maximum Gasteiger partial charge on any atom is 0.323 e. The van der Waals surface area contributed by atoms with E-state index in [1.54, 1.807) is 6.20 Å². The highest BCUT2D eigenvalue weighted by molar-refractivity contribution is 8.01. The number of carbonyl (C=O) groups excluding carboxylic acids is 1. The van der Waals surface area contributed by atoms with Crippen molar-refractivity contribution < 1.29 is 14.7 Å². The first-order chi connectivity index (χ1) is 11.3. The van der Waals surface area contributed by atoms with E-state index in [0.29, 0.717) is 17.0 Å². The van der Waals surface area contributed by atoms with Gasteiger partial charge in [0.2, 0.25) is 0 Å². The van der Waals surface area contributed by atoms with Gasteiger partial charge in [0.25, 0.3) is 0 Å². The second-order valence-electron chi connectivity index (χ2n) is 6.45. The molecule has 0 aliphatic heterocycles. The van der Waals surface area contributed by atoms with Crippen molar-refractivity contribution in [2.45, 2.75) is 44.7 Å². The van der Waals surface area contributed by atoms with Crippen LogP contribution in [0.15, 0.2) is 10.4 Å². The third-order valence-corrected chi connectivity index (χ3v) is 5.37. The summed E-state index contributed by atoms with van der Waals surface area (Å²) in [4.78, 5) is 29.1. The molecule has 0 unspecified atom stereocenters. The zero-order valence-corrected chi connectivity index (χ0v) is 16.4. The first kappa shape index (κ1) is 20.8. The predicted octanol–water partition coefficient (Wildman–Crippen LogP) is 4.25. The van der Waals surface area contributed by atoms with Gasteiger partial charge in [0.15, 0.2) is 5.13 Å². The van der Waals surface area contributed by atoms with Gasteiger partial charge in [-0.05, 0) is 24.7 Å². The quantitative estimate of drug-likeness (QED) is 0.599. The van der Waals surface area contributed by atoms with Crippen molar-refractivity contribution in [1.29, 1.82) is 0 Å². The number of thioether (sulfide) groups is 1. The van der Waals surface area contributed by atoms with E-state index < -0.39 is 5.97 Å². The Balaban J connectivity index is 2.60. The van der Waals surface area contributed by atoms with Crippen LogP contribution in [0, 0.1) is 11.8 Å². The lowest BCUT2D eigenvalue weighted by molar-refractivity contribution is -0.133. The Kier molecular flexibility index (Phi) is 9.13. The molecule has 24 heavy (non-hydrogen) atoms. The Hall–Kier alpha value is -1.28. The fourth-order valence-corrected chi connectivity index (χ4v) is 3.41. The highest BCUT2D eigenvalue weighted by Gasteiger charge is 2.16. The molecule has 0 fully saturated rings. The number of anilines is 1. The lowest BCUT2D eigenvalue weighted by atomic mass is 10.1. The summed E-state index contributed by atoms with van der Waals surface area (Å²) in [5, 5.41) is 12.0. The molecule has 1 aromatic rings. The Labute approximate surface area is 152 Å². The summed E-state index contributed by atoms with van der Waals surface area (Å²) in [6.07, 6.45) is 3.52. The Morgan fingerprint density at radius 2 is 1.83 bits per heavy atom. The SMILES string of the molecule is CC(C)CCN(CCC(C)C)C(=O)Nc1ncc(SCC(=O)O)s1. The fourth-order valence-electron chi connectivity index (χ4n) is 1.83. The minimum absolute atomic E-state index is 0.00944. The summed E-state index contributed by atoms with van der Waals surface area (Å²) in [5.41, 5.74) is 0. The van der Waals surface area contributed by atoms with Crippen LogP contribution in [0.25, 0.3) is 0 Å². The van der Waals surface area contributed by atoms with Crippen molar-refractivity contribution in [3.05, 3.63) is 6.20 Å². The molecule has 2 N–H and O–H groups in total. The maximum absolute atomic E-state index is 12.5. The normalized spacial score (nSPS) is 11.1. The maximum atomic E-state index is 12.5. The molecule has 0 saturated carbocycles. The Bertz CT molecular complexity index is 520. The number of urea groups is 1. The molecule has 1 rings (SSSR count). The summed E-state index contributed by atoms with van der Waals surface area (Å²) in [6, 6.07) is -0.138. The second kappa shape index (κ2) is 10.6. The molecule has 0 radical (unpaired) electrons. The van der Waals surface area contributed by atoms with Crippen LogP contribution in [0.2, 0.25) is 0 Å². The number of carboxylic acids is 1. The lowest BCUT2D eigenvalue weighted by Gasteiger charge is -2.24.